The zero-order valence-corrected chi connectivity index (χ0v) is 9.75. The zero-order valence-electron chi connectivity index (χ0n) is 9.75. The summed E-state index contributed by atoms with van der Waals surface area (Å²) in [6.07, 6.45) is 3.10. The van der Waals surface area contributed by atoms with Gasteiger partial charge in [-0.3, -0.25) is 4.79 Å². The molecule has 2 aliphatic rings. The maximum absolute atomic E-state index is 11.0. The number of rotatable bonds is 3. The van der Waals surface area contributed by atoms with Crippen LogP contribution in [0.1, 0.15) is 19.3 Å². The lowest BCUT2D eigenvalue weighted by molar-refractivity contribution is -0.127. The van der Waals surface area contributed by atoms with Gasteiger partial charge in [0.15, 0.2) is 0 Å². The number of hydrogen-bond donors (Lipinski definition) is 2. The monoisotopic (exact) mass is 228 g/mol. The number of piperidine rings is 1. The smallest absolute Gasteiger partial charge is 0.245 e. The Labute approximate surface area is 95.9 Å². The molecule has 0 unspecified atom stereocenters. The Morgan fingerprint density at radius 1 is 1.56 bits per heavy atom. The third-order valence-corrected chi connectivity index (χ3v) is 3.42. The van der Waals surface area contributed by atoms with Gasteiger partial charge >= 0.3 is 0 Å². The van der Waals surface area contributed by atoms with Crippen molar-refractivity contribution in [1.82, 2.24) is 10.6 Å². The molecular weight excluding hydrogens is 208 g/mol. The summed E-state index contributed by atoms with van der Waals surface area (Å²) >= 11 is 0. The van der Waals surface area contributed by atoms with E-state index in [1.165, 1.54) is 0 Å². The SMILES string of the molecule is CNC(=O)CO[C@H]1COC2(CCNCC2)C1. The first kappa shape index (κ1) is 11.8. The highest BCUT2D eigenvalue weighted by Gasteiger charge is 2.41. The average molecular weight is 228 g/mol. The predicted octanol–water partition coefficient (Wildman–Crippen LogP) is -0.340. The van der Waals surface area contributed by atoms with Gasteiger partial charge in [0.25, 0.3) is 0 Å². The minimum absolute atomic E-state index is 0.0125. The molecular formula is C11H20N2O3. The van der Waals surface area contributed by atoms with E-state index in [-0.39, 0.29) is 24.2 Å². The van der Waals surface area contributed by atoms with Crippen molar-refractivity contribution in [3.8, 4) is 0 Å². The summed E-state index contributed by atoms with van der Waals surface area (Å²) in [4.78, 5) is 11.0. The molecule has 0 radical (unpaired) electrons. The number of ether oxygens (including phenoxy) is 2. The molecule has 2 heterocycles. The molecule has 1 atom stereocenters. The zero-order chi connectivity index (χ0) is 11.4. The summed E-state index contributed by atoms with van der Waals surface area (Å²) in [5.74, 6) is -0.0775. The van der Waals surface area contributed by atoms with Crippen molar-refractivity contribution in [3.05, 3.63) is 0 Å². The van der Waals surface area contributed by atoms with Gasteiger partial charge in [-0.2, -0.15) is 0 Å². The van der Waals surface area contributed by atoms with E-state index in [0.29, 0.717) is 6.61 Å². The van der Waals surface area contributed by atoms with Crippen LogP contribution in [0.25, 0.3) is 0 Å². The fraction of sp³-hybridized carbons (Fsp3) is 0.909. The predicted molar refractivity (Wildman–Crippen MR) is 59.2 cm³/mol. The largest absolute Gasteiger partial charge is 0.372 e. The number of carbonyl (C=O) groups excluding carboxylic acids is 1. The van der Waals surface area contributed by atoms with Gasteiger partial charge in [0.1, 0.15) is 6.61 Å². The molecule has 0 aromatic carbocycles. The summed E-state index contributed by atoms with van der Waals surface area (Å²) in [6, 6.07) is 0. The van der Waals surface area contributed by atoms with E-state index < -0.39 is 0 Å². The van der Waals surface area contributed by atoms with Crippen molar-refractivity contribution < 1.29 is 14.3 Å². The highest BCUT2D eigenvalue weighted by Crippen LogP contribution is 2.34. The first-order valence-electron chi connectivity index (χ1n) is 5.91. The fourth-order valence-corrected chi connectivity index (χ4v) is 2.41. The minimum Gasteiger partial charge on any atom is -0.372 e. The van der Waals surface area contributed by atoms with Crippen LogP contribution in [0.5, 0.6) is 0 Å². The van der Waals surface area contributed by atoms with E-state index in [0.717, 1.165) is 32.4 Å². The van der Waals surface area contributed by atoms with E-state index in [1.807, 2.05) is 0 Å². The lowest BCUT2D eigenvalue weighted by Gasteiger charge is -2.32. The van der Waals surface area contributed by atoms with Gasteiger partial charge in [-0.15, -0.1) is 0 Å². The normalized spacial score (nSPS) is 28.2. The van der Waals surface area contributed by atoms with Crippen molar-refractivity contribution in [1.29, 1.82) is 0 Å². The molecule has 0 saturated carbocycles. The first-order valence-corrected chi connectivity index (χ1v) is 5.91. The van der Waals surface area contributed by atoms with Crippen LogP contribution < -0.4 is 10.6 Å². The van der Waals surface area contributed by atoms with Gasteiger partial charge in [-0.25, -0.2) is 0 Å². The maximum Gasteiger partial charge on any atom is 0.245 e. The molecule has 0 bridgehead atoms. The first-order chi connectivity index (χ1) is 7.74. The van der Waals surface area contributed by atoms with Crippen LogP contribution in [0, 0.1) is 0 Å². The van der Waals surface area contributed by atoms with Crippen LogP contribution in [-0.2, 0) is 14.3 Å². The molecule has 92 valence electrons. The van der Waals surface area contributed by atoms with Gasteiger partial charge in [-0.1, -0.05) is 0 Å². The molecule has 0 aliphatic carbocycles. The third kappa shape index (κ3) is 2.72. The standard InChI is InChI=1S/C11H20N2O3/c1-12-10(14)8-15-9-6-11(16-7-9)2-4-13-5-3-11/h9,13H,2-8H2,1H3,(H,12,14)/t9-/m1/s1. The number of likely N-dealkylation sites (N-methyl/N-ethyl adjacent to an activating group) is 1. The molecule has 2 saturated heterocycles. The Bertz CT molecular complexity index is 252. The van der Waals surface area contributed by atoms with Crippen LogP contribution in [0.15, 0.2) is 0 Å². The van der Waals surface area contributed by atoms with Gasteiger partial charge in [0.05, 0.1) is 18.3 Å². The van der Waals surface area contributed by atoms with E-state index in [9.17, 15) is 4.79 Å². The second-order valence-corrected chi connectivity index (χ2v) is 4.55. The van der Waals surface area contributed by atoms with Gasteiger partial charge in [0.2, 0.25) is 5.91 Å². The highest BCUT2D eigenvalue weighted by atomic mass is 16.6. The topological polar surface area (TPSA) is 59.6 Å². The van der Waals surface area contributed by atoms with Gasteiger partial charge in [-0.05, 0) is 25.9 Å². The molecule has 0 aromatic heterocycles. The maximum atomic E-state index is 11.0. The summed E-state index contributed by atoms with van der Waals surface area (Å²) in [6.45, 7) is 2.79. The van der Waals surface area contributed by atoms with Crippen molar-refractivity contribution in [2.24, 2.45) is 0 Å². The Morgan fingerprint density at radius 2 is 2.31 bits per heavy atom. The van der Waals surface area contributed by atoms with E-state index in [1.54, 1.807) is 7.05 Å². The lowest BCUT2D eigenvalue weighted by Crippen LogP contribution is -2.41. The van der Waals surface area contributed by atoms with E-state index in [4.69, 9.17) is 9.47 Å². The second kappa shape index (κ2) is 5.12. The van der Waals surface area contributed by atoms with Gasteiger partial charge in [0, 0.05) is 13.5 Å². The molecule has 1 spiro atoms. The number of carbonyl (C=O) groups is 1. The van der Waals surface area contributed by atoms with Crippen LogP contribution in [0.4, 0.5) is 0 Å². The van der Waals surface area contributed by atoms with Crippen LogP contribution >= 0.6 is 0 Å². The fourth-order valence-electron chi connectivity index (χ4n) is 2.41. The number of hydrogen-bond acceptors (Lipinski definition) is 4. The number of amides is 1. The van der Waals surface area contributed by atoms with Crippen molar-refractivity contribution in [3.63, 3.8) is 0 Å². The summed E-state index contributed by atoms with van der Waals surface area (Å²) in [5.41, 5.74) is 0.0125. The molecule has 2 N–H and O–H groups in total. The average Bonchev–Trinajstić information content (AvgIpc) is 2.70. The molecule has 2 rings (SSSR count). The molecule has 5 nitrogen and oxygen atoms in total. The Kier molecular flexibility index (Phi) is 3.78. The summed E-state index contributed by atoms with van der Waals surface area (Å²) < 4.78 is 11.4. The quantitative estimate of drug-likeness (QED) is 0.694. The lowest BCUT2D eigenvalue weighted by atomic mass is 9.89. The van der Waals surface area contributed by atoms with Crippen LogP contribution in [0.3, 0.4) is 0 Å². The van der Waals surface area contributed by atoms with Crippen LogP contribution in [0.2, 0.25) is 0 Å². The van der Waals surface area contributed by atoms with Gasteiger partial charge < -0.3 is 20.1 Å². The molecule has 2 fully saturated rings. The highest BCUT2D eigenvalue weighted by molar-refractivity contribution is 5.76. The Hall–Kier alpha value is -0.650. The van der Waals surface area contributed by atoms with Crippen molar-refractivity contribution >= 4 is 5.91 Å². The Balaban J connectivity index is 1.76. The second-order valence-electron chi connectivity index (χ2n) is 4.55. The minimum atomic E-state index is -0.0775. The van der Waals surface area contributed by atoms with E-state index >= 15 is 0 Å². The molecule has 5 heteroatoms. The Morgan fingerprint density at radius 3 is 3.00 bits per heavy atom. The summed E-state index contributed by atoms with van der Waals surface area (Å²) in [5, 5.41) is 5.87. The van der Waals surface area contributed by atoms with Crippen molar-refractivity contribution in [2.75, 3.05) is 33.4 Å². The number of nitrogens with one attached hydrogen (secondary N) is 2. The van der Waals surface area contributed by atoms with E-state index in [2.05, 4.69) is 10.6 Å². The summed E-state index contributed by atoms with van der Waals surface area (Å²) in [7, 11) is 1.62. The molecule has 16 heavy (non-hydrogen) atoms. The molecule has 2 aliphatic heterocycles. The third-order valence-electron chi connectivity index (χ3n) is 3.42. The van der Waals surface area contributed by atoms with Crippen molar-refractivity contribution in [2.45, 2.75) is 31.0 Å². The molecule has 0 aromatic rings. The van der Waals surface area contributed by atoms with Crippen LogP contribution in [-0.4, -0.2) is 51.0 Å². The molecule has 1 amide bonds.